The fourth-order valence-electron chi connectivity index (χ4n) is 4.15. The maximum atomic E-state index is 6.06. The molecule has 1 aliphatic heterocycles. The van der Waals surface area contributed by atoms with Gasteiger partial charge in [0.05, 0.1) is 0 Å². The molecule has 0 saturated carbocycles. The normalized spacial score (nSPS) is 25.7. The van der Waals surface area contributed by atoms with Gasteiger partial charge < -0.3 is 5.73 Å². The summed E-state index contributed by atoms with van der Waals surface area (Å²) in [5, 5.41) is 0. The number of piperidine rings is 1. The molecule has 2 N–H and O–H groups in total. The van der Waals surface area contributed by atoms with Gasteiger partial charge in [-0.2, -0.15) is 0 Å². The van der Waals surface area contributed by atoms with Crippen molar-refractivity contribution in [3.63, 3.8) is 0 Å². The van der Waals surface area contributed by atoms with E-state index in [9.17, 15) is 0 Å². The van der Waals surface area contributed by atoms with Crippen molar-refractivity contribution in [1.29, 1.82) is 0 Å². The summed E-state index contributed by atoms with van der Waals surface area (Å²) in [7, 11) is 0. The summed E-state index contributed by atoms with van der Waals surface area (Å²) in [5.41, 5.74) is 11.8. The summed E-state index contributed by atoms with van der Waals surface area (Å²) in [6.45, 7) is 13.3. The van der Waals surface area contributed by atoms with Crippen LogP contribution in [-0.2, 0) is 0 Å². The number of aryl methyl sites for hydroxylation is 3. The summed E-state index contributed by atoms with van der Waals surface area (Å²) in [5.74, 6) is 0.710. The van der Waals surface area contributed by atoms with E-state index < -0.39 is 0 Å². The second-order valence-corrected chi connectivity index (χ2v) is 6.65. The third-order valence-electron chi connectivity index (χ3n) is 5.05. The molecular formula is C18H30N2. The molecule has 1 aromatic rings. The maximum Gasteiger partial charge on any atom is 0.0328 e. The Hall–Kier alpha value is -0.860. The molecule has 2 rings (SSSR count). The molecular weight excluding hydrogens is 244 g/mol. The second kappa shape index (κ2) is 6.28. The first-order valence-electron chi connectivity index (χ1n) is 7.99. The zero-order chi connectivity index (χ0) is 14.9. The Balaban J connectivity index is 2.32. The summed E-state index contributed by atoms with van der Waals surface area (Å²) < 4.78 is 0. The van der Waals surface area contributed by atoms with Gasteiger partial charge in [0, 0.05) is 18.6 Å². The molecule has 1 aromatic carbocycles. The zero-order valence-corrected chi connectivity index (χ0v) is 13.7. The number of nitrogens with two attached hydrogens (primary N) is 1. The van der Waals surface area contributed by atoms with Crippen LogP contribution in [-0.4, -0.2) is 24.0 Å². The molecule has 3 unspecified atom stereocenters. The van der Waals surface area contributed by atoms with Crippen LogP contribution in [0, 0.1) is 26.7 Å². The average Bonchev–Trinajstić information content (AvgIpc) is 2.37. The van der Waals surface area contributed by atoms with Crippen LogP contribution in [0.2, 0.25) is 0 Å². The van der Waals surface area contributed by atoms with Gasteiger partial charge in [-0.3, -0.25) is 4.90 Å². The minimum absolute atomic E-state index is 0.465. The largest absolute Gasteiger partial charge is 0.329 e. The molecule has 0 radical (unpaired) electrons. The van der Waals surface area contributed by atoms with E-state index in [1.54, 1.807) is 0 Å². The Morgan fingerprint density at radius 2 is 1.85 bits per heavy atom. The van der Waals surface area contributed by atoms with Gasteiger partial charge in [0.1, 0.15) is 0 Å². The number of rotatable bonds is 3. The summed E-state index contributed by atoms with van der Waals surface area (Å²) in [6.07, 6.45) is 2.61. The van der Waals surface area contributed by atoms with E-state index in [1.807, 2.05) is 0 Å². The first-order chi connectivity index (χ1) is 9.45. The van der Waals surface area contributed by atoms with Crippen molar-refractivity contribution in [2.45, 2.75) is 59.5 Å². The van der Waals surface area contributed by atoms with E-state index in [0.29, 0.717) is 18.0 Å². The van der Waals surface area contributed by atoms with Crippen LogP contribution in [0.25, 0.3) is 0 Å². The highest BCUT2D eigenvalue weighted by atomic mass is 15.2. The van der Waals surface area contributed by atoms with E-state index in [1.165, 1.54) is 41.6 Å². The van der Waals surface area contributed by atoms with Crippen molar-refractivity contribution in [2.75, 3.05) is 13.1 Å². The third kappa shape index (κ3) is 2.91. The minimum Gasteiger partial charge on any atom is -0.329 e. The van der Waals surface area contributed by atoms with Crippen molar-refractivity contribution in [2.24, 2.45) is 11.7 Å². The van der Waals surface area contributed by atoms with Gasteiger partial charge in [-0.15, -0.1) is 0 Å². The van der Waals surface area contributed by atoms with Crippen molar-refractivity contribution in [1.82, 2.24) is 4.90 Å². The molecule has 20 heavy (non-hydrogen) atoms. The summed E-state index contributed by atoms with van der Waals surface area (Å²) in [6, 6.07) is 5.61. The molecule has 112 valence electrons. The molecule has 2 heteroatoms. The van der Waals surface area contributed by atoms with Crippen LogP contribution in [0.4, 0.5) is 0 Å². The quantitative estimate of drug-likeness (QED) is 0.910. The molecule has 0 spiro atoms. The number of benzene rings is 1. The average molecular weight is 274 g/mol. The molecule has 0 aromatic heterocycles. The van der Waals surface area contributed by atoms with Gasteiger partial charge >= 0.3 is 0 Å². The van der Waals surface area contributed by atoms with Gasteiger partial charge in [-0.1, -0.05) is 24.6 Å². The fourth-order valence-corrected chi connectivity index (χ4v) is 4.15. The smallest absolute Gasteiger partial charge is 0.0328 e. The predicted molar refractivity (Wildman–Crippen MR) is 87.0 cm³/mol. The highest BCUT2D eigenvalue weighted by Crippen LogP contribution is 2.34. The van der Waals surface area contributed by atoms with Gasteiger partial charge in [0.15, 0.2) is 0 Å². The monoisotopic (exact) mass is 274 g/mol. The lowest BCUT2D eigenvalue weighted by atomic mass is 9.86. The number of hydrogen-bond acceptors (Lipinski definition) is 2. The van der Waals surface area contributed by atoms with Crippen LogP contribution in [0.5, 0.6) is 0 Å². The maximum absolute atomic E-state index is 6.06. The number of hydrogen-bond donors (Lipinski definition) is 1. The Morgan fingerprint density at radius 3 is 2.40 bits per heavy atom. The molecule has 2 nitrogen and oxygen atoms in total. The molecule has 1 aliphatic rings. The Bertz CT molecular complexity index is 443. The molecule has 3 atom stereocenters. The SMILES string of the molecule is Cc1cc(C)c(C(C)N2CCCC(C)C2CN)c(C)c1. The Morgan fingerprint density at radius 1 is 1.25 bits per heavy atom. The van der Waals surface area contributed by atoms with Crippen molar-refractivity contribution in [3.05, 3.63) is 34.4 Å². The van der Waals surface area contributed by atoms with Crippen LogP contribution < -0.4 is 5.73 Å². The molecule has 1 fully saturated rings. The number of nitrogens with zero attached hydrogens (tertiary/aromatic N) is 1. The number of likely N-dealkylation sites (tertiary alicyclic amines) is 1. The summed E-state index contributed by atoms with van der Waals surface area (Å²) >= 11 is 0. The Kier molecular flexibility index (Phi) is 4.87. The summed E-state index contributed by atoms with van der Waals surface area (Å²) in [4.78, 5) is 2.64. The molecule has 1 heterocycles. The van der Waals surface area contributed by atoms with E-state index in [0.717, 1.165) is 6.54 Å². The van der Waals surface area contributed by atoms with E-state index in [4.69, 9.17) is 5.73 Å². The minimum atomic E-state index is 0.465. The van der Waals surface area contributed by atoms with E-state index >= 15 is 0 Å². The van der Waals surface area contributed by atoms with Gasteiger partial charge in [0.25, 0.3) is 0 Å². The standard InChI is InChI=1S/C18H30N2/c1-12-9-14(3)18(15(4)10-12)16(5)20-8-6-7-13(2)17(20)11-19/h9-10,13,16-17H,6-8,11,19H2,1-5H3. The van der Waals surface area contributed by atoms with Crippen molar-refractivity contribution in [3.8, 4) is 0 Å². The first kappa shape index (κ1) is 15.5. The van der Waals surface area contributed by atoms with Crippen molar-refractivity contribution >= 4 is 0 Å². The third-order valence-corrected chi connectivity index (χ3v) is 5.05. The van der Waals surface area contributed by atoms with Crippen molar-refractivity contribution < 1.29 is 0 Å². The predicted octanol–water partition coefficient (Wildman–Crippen LogP) is 3.73. The van der Waals surface area contributed by atoms with Gasteiger partial charge in [0.2, 0.25) is 0 Å². The van der Waals surface area contributed by atoms with Crippen LogP contribution in [0.15, 0.2) is 12.1 Å². The molecule has 0 amide bonds. The van der Waals surface area contributed by atoms with Crippen LogP contribution >= 0.6 is 0 Å². The Labute approximate surface area is 124 Å². The van der Waals surface area contributed by atoms with E-state index in [2.05, 4.69) is 51.7 Å². The van der Waals surface area contributed by atoms with Crippen LogP contribution in [0.1, 0.15) is 55.0 Å². The van der Waals surface area contributed by atoms with Gasteiger partial charge in [-0.25, -0.2) is 0 Å². The molecule has 1 saturated heterocycles. The highest BCUT2D eigenvalue weighted by Gasteiger charge is 2.32. The lowest BCUT2D eigenvalue weighted by Gasteiger charge is -2.44. The first-order valence-corrected chi connectivity index (χ1v) is 7.99. The zero-order valence-electron chi connectivity index (χ0n) is 13.7. The van der Waals surface area contributed by atoms with Crippen LogP contribution in [0.3, 0.4) is 0 Å². The lowest BCUT2D eigenvalue weighted by Crippen LogP contribution is -2.49. The second-order valence-electron chi connectivity index (χ2n) is 6.65. The molecule has 0 bridgehead atoms. The highest BCUT2D eigenvalue weighted by molar-refractivity contribution is 5.39. The topological polar surface area (TPSA) is 29.3 Å². The van der Waals surface area contributed by atoms with E-state index in [-0.39, 0.29) is 0 Å². The van der Waals surface area contributed by atoms with Gasteiger partial charge in [-0.05, 0) is 69.7 Å². The fraction of sp³-hybridized carbons (Fsp3) is 0.667. The molecule has 0 aliphatic carbocycles. The lowest BCUT2D eigenvalue weighted by molar-refractivity contribution is 0.0685.